The second-order valence-corrected chi connectivity index (χ2v) is 11.6. The fourth-order valence-corrected chi connectivity index (χ4v) is 5.74. The highest BCUT2D eigenvalue weighted by molar-refractivity contribution is 5.93. The first-order valence-electron chi connectivity index (χ1n) is 15.5. The van der Waals surface area contributed by atoms with Crippen molar-refractivity contribution >= 4 is 16.9 Å². The molecule has 2 heterocycles. The van der Waals surface area contributed by atoms with Crippen LogP contribution in [-0.4, -0.2) is 52.1 Å². The number of aromatic nitrogens is 2. The van der Waals surface area contributed by atoms with Crippen LogP contribution >= 0.6 is 0 Å². The molecule has 1 saturated heterocycles. The fourth-order valence-electron chi connectivity index (χ4n) is 5.74. The molecule has 6 rings (SSSR count). The number of aliphatic hydroxyl groups is 1. The number of para-hydroxylation sites is 2. The summed E-state index contributed by atoms with van der Waals surface area (Å²) in [5.74, 6) is -0.272. The third kappa shape index (κ3) is 7.55. The second-order valence-electron chi connectivity index (χ2n) is 11.6. The van der Waals surface area contributed by atoms with Crippen LogP contribution in [0.25, 0.3) is 22.2 Å². The Morgan fingerprint density at radius 3 is 2.48 bits per heavy atom. The first-order valence-corrected chi connectivity index (χ1v) is 15.5. The number of carbonyl (C=O) groups excluding carboxylic acids is 1. The van der Waals surface area contributed by atoms with Gasteiger partial charge in [0.2, 0.25) is 0 Å². The van der Waals surface area contributed by atoms with Crippen molar-refractivity contribution < 1.29 is 19.4 Å². The Hall–Kier alpha value is -4.73. The minimum atomic E-state index is -0.552. The summed E-state index contributed by atoms with van der Waals surface area (Å²) in [4.78, 5) is 23.9. The van der Waals surface area contributed by atoms with Gasteiger partial charge < -0.3 is 24.8 Å². The van der Waals surface area contributed by atoms with E-state index in [1.165, 1.54) is 6.20 Å². The number of nitrogens with zero attached hydrogens (tertiary/aromatic N) is 3. The van der Waals surface area contributed by atoms with Crippen LogP contribution in [0.4, 0.5) is 0 Å². The Kier molecular flexibility index (Phi) is 9.91. The molecule has 8 nitrogen and oxygen atoms in total. The summed E-state index contributed by atoms with van der Waals surface area (Å²) in [6, 6.07) is 31.7. The number of hydrogen-bond donors (Lipinski definition) is 2. The van der Waals surface area contributed by atoms with E-state index < -0.39 is 6.29 Å². The molecule has 2 N–H and O–H groups in total. The van der Waals surface area contributed by atoms with Gasteiger partial charge in [-0.05, 0) is 59.1 Å². The van der Waals surface area contributed by atoms with Crippen LogP contribution in [0, 0.1) is 0 Å². The van der Waals surface area contributed by atoms with Gasteiger partial charge in [-0.15, -0.1) is 6.58 Å². The molecule has 8 heteroatoms. The van der Waals surface area contributed by atoms with Gasteiger partial charge in [0, 0.05) is 31.6 Å². The van der Waals surface area contributed by atoms with Gasteiger partial charge in [0.15, 0.2) is 6.29 Å². The lowest BCUT2D eigenvalue weighted by molar-refractivity contribution is -0.252. The number of likely N-dealkylation sites (N-methyl/N-ethyl adjacent to an activating group) is 1. The SMILES string of the molecule is C=CCN(C)CC1CC(c2ccc(CO)cc2)OC(c2cccc(-c3cccc(CNC(=O)c4cnc5ccccc5n4)c3)c2)O1. The van der Waals surface area contributed by atoms with E-state index in [9.17, 15) is 9.90 Å². The van der Waals surface area contributed by atoms with E-state index in [-0.39, 0.29) is 30.4 Å². The monoisotopic (exact) mass is 614 g/mol. The van der Waals surface area contributed by atoms with Gasteiger partial charge in [-0.25, -0.2) is 4.98 Å². The van der Waals surface area contributed by atoms with Crippen LogP contribution in [0.5, 0.6) is 0 Å². The zero-order valence-electron chi connectivity index (χ0n) is 25.9. The highest BCUT2D eigenvalue weighted by Gasteiger charge is 2.32. The highest BCUT2D eigenvalue weighted by atomic mass is 16.7. The zero-order chi connectivity index (χ0) is 31.9. The number of nitrogens with one attached hydrogen (secondary N) is 1. The van der Waals surface area contributed by atoms with Crippen molar-refractivity contribution in [3.8, 4) is 11.1 Å². The van der Waals surface area contributed by atoms with Gasteiger partial charge in [0.25, 0.3) is 5.91 Å². The summed E-state index contributed by atoms with van der Waals surface area (Å²) in [7, 11) is 2.06. The van der Waals surface area contributed by atoms with Crippen molar-refractivity contribution in [1.82, 2.24) is 20.2 Å². The van der Waals surface area contributed by atoms with E-state index in [1.807, 2.05) is 78.9 Å². The number of benzene rings is 4. The number of rotatable bonds is 11. The quantitative estimate of drug-likeness (QED) is 0.167. The van der Waals surface area contributed by atoms with Gasteiger partial charge in [0.1, 0.15) is 5.69 Å². The first-order chi connectivity index (χ1) is 22.5. The number of aliphatic hydroxyl groups excluding tert-OH is 1. The summed E-state index contributed by atoms with van der Waals surface area (Å²) >= 11 is 0. The van der Waals surface area contributed by atoms with Crippen molar-refractivity contribution in [3.05, 3.63) is 144 Å². The molecule has 234 valence electrons. The summed E-state index contributed by atoms with van der Waals surface area (Å²) in [5, 5.41) is 12.5. The van der Waals surface area contributed by atoms with Gasteiger partial charge >= 0.3 is 0 Å². The number of amides is 1. The number of hydrogen-bond acceptors (Lipinski definition) is 7. The highest BCUT2D eigenvalue weighted by Crippen LogP contribution is 2.39. The van der Waals surface area contributed by atoms with E-state index in [4.69, 9.17) is 9.47 Å². The minimum Gasteiger partial charge on any atom is -0.392 e. The third-order valence-corrected chi connectivity index (χ3v) is 8.12. The predicted octanol–water partition coefficient (Wildman–Crippen LogP) is 6.38. The summed E-state index contributed by atoms with van der Waals surface area (Å²) in [6.45, 7) is 5.74. The van der Waals surface area contributed by atoms with Crippen molar-refractivity contribution in [2.24, 2.45) is 0 Å². The summed E-state index contributed by atoms with van der Waals surface area (Å²) in [6.07, 6.45) is 3.36. The molecule has 0 spiro atoms. The van der Waals surface area contributed by atoms with Gasteiger partial charge in [-0.1, -0.05) is 78.9 Å². The molecule has 0 aliphatic carbocycles. The van der Waals surface area contributed by atoms with Crippen molar-refractivity contribution in [1.29, 1.82) is 0 Å². The molecular weight excluding hydrogens is 576 g/mol. The molecule has 1 fully saturated rings. The van der Waals surface area contributed by atoms with E-state index in [0.29, 0.717) is 18.5 Å². The number of fused-ring (bicyclic) bond motifs is 1. The summed E-state index contributed by atoms with van der Waals surface area (Å²) in [5.41, 5.74) is 7.58. The molecule has 0 bridgehead atoms. The Morgan fingerprint density at radius 2 is 1.70 bits per heavy atom. The molecule has 1 aromatic heterocycles. The predicted molar refractivity (Wildman–Crippen MR) is 179 cm³/mol. The van der Waals surface area contributed by atoms with Gasteiger partial charge in [-0.2, -0.15) is 0 Å². The van der Waals surface area contributed by atoms with Crippen molar-refractivity contribution in [3.63, 3.8) is 0 Å². The molecule has 0 saturated carbocycles. The normalized spacial score (nSPS) is 18.0. The molecule has 3 unspecified atom stereocenters. The molecule has 1 aliphatic heterocycles. The molecular formula is C38H38N4O4. The first kappa shape index (κ1) is 31.3. The van der Waals surface area contributed by atoms with E-state index in [2.05, 4.69) is 58.1 Å². The second kappa shape index (κ2) is 14.6. The standard InChI is InChI=1S/C38H38N4O4/c1-3-18-42(2)24-32-21-36(28-16-14-26(25-43)15-17-28)46-38(45-32)31-11-7-10-30(20-31)29-9-6-8-27(19-29)22-40-37(44)35-23-39-33-12-4-5-13-34(33)41-35/h3-17,19-20,23,32,36,38,43H,1,18,21-22,24-25H2,2H3,(H,40,44). The zero-order valence-corrected chi connectivity index (χ0v) is 25.9. The van der Waals surface area contributed by atoms with Crippen LogP contribution < -0.4 is 5.32 Å². The lowest BCUT2D eigenvalue weighted by Crippen LogP contribution is -2.37. The Bertz CT molecular complexity index is 1810. The average Bonchev–Trinajstić information content (AvgIpc) is 3.10. The van der Waals surface area contributed by atoms with Crippen LogP contribution in [0.1, 0.15) is 51.6 Å². The molecule has 3 atom stereocenters. The molecule has 5 aromatic rings. The summed E-state index contributed by atoms with van der Waals surface area (Å²) < 4.78 is 13.1. The number of ether oxygens (including phenoxy) is 2. The average molecular weight is 615 g/mol. The van der Waals surface area contributed by atoms with Crippen molar-refractivity contribution in [2.75, 3.05) is 20.1 Å². The van der Waals surface area contributed by atoms with Crippen LogP contribution in [0.2, 0.25) is 0 Å². The molecule has 0 radical (unpaired) electrons. The maximum absolute atomic E-state index is 12.9. The Balaban J connectivity index is 1.18. The Morgan fingerprint density at radius 1 is 0.935 bits per heavy atom. The van der Waals surface area contributed by atoms with Crippen LogP contribution in [0.15, 0.2) is 116 Å². The minimum absolute atomic E-state index is 0.00597. The smallest absolute Gasteiger partial charge is 0.271 e. The largest absolute Gasteiger partial charge is 0.392 e. The van der Waals surface area contributed by atoms with Gasteiger partial charge in [-0.3, -0.25) is 9.78 Å². The van der Waals surface area contributed by atoms with Gasteiger partial charge in [0.05, 0.1) is 36.0 Å². The van der Waals surface area contributed by atoms with E-state index in [0.717, 1.165) is 52.0 Å². The van der Waals surface area contributed by atoms with Crippen LogP contribution in [-0.2, 0) is 22.6 Å². The topological polar surface area (TPSA) is 96.8 Å². The lowest BCUT2D eigenvalue weighted by Gasteiger charge is -2.37. The number of carbonyl (C=O) groups is 1. The fraction of sp³-hybridized carbons (Fsp3) is 0.237. The van der Waals surface area contributed by atoms with E-state index in [1.54, 1.807) is 0 Å². The maximum atomic E-state index is 12.9. The Labute approximate surface area is 269 Å². The van der Waals surface area contributed by atoms with Crippen molar-refractivity contribution in [2.45, 2.75) is 38.1 Å². The molecule has 1 aliphatic rings. The molecule has 1 amide bonds. The third-order valence-electron chi connectivity index (χ3n) is 8.12. The van der Waals surface area contributed by atoms with Crippen LogP contribution in [0.3, 0.4) is 0 Å². The van der Waals surface area contributed by atoms with E-state index >= 15 is 0 Å². The lowest BCUT2D eigenvalue weighted by atomic mass is 9.98. The molecule has 4 aromatic carbocycles. The maximum Gasteiger partial charge on any atom is 0.271 e. The molecule has 46 heavy (non-hydrogen) atoms.